The number of rotatable bonds is 5. The van der Waals surface area contributed by atoms with E-state index in [2.05, 4.69) is 15.3 Å². The van der Waals surface area contributed by atoms with Gasteiger partial charge in [0.25, 0.3) is 0 Å². The van der Waals surface area contributed by atoms with Crippen LogP contribution >= 0.6 is 11.3 Å². The Labute approximate surface area is 121 Å². The van der Waals surface area contributed by atoms with Crippen molar-refractivity contribution in [2.45, 2.75) is 33.2 Å². The van der Waals surface area contributed by atoms with Crippen molar-refractivity contribution in [2.75, 3.05) is 5.32 Å². The summed E-state index contributed by atoms with van der Waals surface area (Å²) in [5.41, 5.74) is 1.67. The molecule has 2 N–H and O–H groups in total. The third kappa shape index (κ3) is 3.14. The van der Waals surface area contributed by atoms with E-state index in [9.17, 15) is 9.90 Å². The molecule has 0 aliphatic rings. The summed E-state index contributed by atoms with van der Waals surface area (Å²) in [6, 6.07) is 2.04. The highest BCUT2D eigenvalue weighted by molar-refractivity contribution is 7.10. The van der Waals surface area contributed by atoms with Gasteiger partial charge in [0.2, 0.25) is 0 Å². The highest BCUT2D eigenvalue weighted by Gasteiger charge is 2.15. The van der Waals surface area contributed by atoms with Gasteiger partial charge in [0, 0.05) is 17.3 Å². The van der Waals surface area contributed by atoms with Crippen LogP contribution in [0.4, 0.5) is 5.69 Å². The van der Waals surface area contributed by atoms with E-state index in [0.29, 0.717) is 18.1 Å². The molecule has 0 fully saturated rings. The molecular formula is C14H17N3O2S. The lowest BCUT2D eigenvalue weighted by Crippen LogP contribution is -2.12. The maximum Gasteiger partial charge on any atom is 0.356 e. The molecule has 0 spiro atoms. The number of aromatic nitrogens is 2. The molecule has 6 heteroatoms. The van der Waals surface area contributed by atoms with Crippen molar-refractivity contribution >= 4 is 23.0 Å². The predicted molar refractivity (Wildman–Crippen MR) is 79.5 cm³/mol. The second-order valence-corrected chi connectivity index (χ2v) is 5.83. The molecule has 2 aromatic rings. The zero-order valence-electron chi connectivity index (χ0n) is 11.7. The topological polar surface area (TPSA) is 75.1 Å². The summed E-state index contributed by atoms with van der Waals surface area (Å²) in [4.78, 5) is 20.8. The maximum absolute atomic E-state index is 11.3. The summed E-state index contributed by atoms with van der Waals surface area (Å²) in [7, 11) is 0. The Balaban J connectivity index is 2.23. The number of nitrogens with zero attached hydrogens (tertiary/aromatic N) is 2. The minimum absolute atomic E-state index is 0.0258. The van der Waals surface area contributed by atoms with Gasteiger partial charge in [-0.15, -0.1) is 11.3 Å². The summed E-state index contributed by atoms with van der Waals surface area (Å²) in [5, 5.41) is 14.4. The van der Waals surface area contributed by atoms with Crippen molar-refractivity contribution in [1.29, 1.82) is 0 Å². The summed E-state index contributed by atoms with van der Waals surface area (Å²) in [6.07, 6.45) is 1.55. The van der Waals surface area contributed by atoms with Gasteiger partial charge in [-0.1, -0.05) is 13.8 Å². The van der Waals surface area contributed by atoms with E-state index in [0.717, 1.165) is 0 Å². The van der Waals surface area contributed by atoms with Gasteiger partial charge in [-0.2, -0.15) is 0 Å². The Bertz CT molecular complexity index is 623. The van der Waals surface area contributed by atoms with Gasteiger partial charge >= 0.3 is 5.97 Å². The molecule has 0 unspecified atom stereocenters. The first kappa shape index (κ1) is 14.5. The minimum atomic E-state index is -1.04. The van der Waals surface area contributed by atoms with Crippen LogP contribution in [0, 0.1) is 6.92 Å². The van der Waals surface area contributed by atoms with Crippen molar-refractivity contribution < 1.29 is 9.90 Å². The van der Waals surface area contributed by atoms with E-state index in [1.54, 1.807) is 17.5 Å². The molecule has 0 aliphatic heterocycles. The normalized spacial score (nSPS) is 10.8. The second kappa shape index (κ2) is 6.00. The fraction of sp³-hybridized carbons (Fsp3) is 0.357. The summed E-state index contributed by atoms with van der Waals surface area (Å²) >= 11 is 1.64. The number of hydrogen-bond acceptors (Lipinski definition) is 5. The van der Waals surface area contributed by atoms with Gasteiger partial charge in [0.1, 0.15) is 5.82 Å². The summed E-state index contributed by atoms with van der Waals surface area (Å²) < 4.78 is 0. The first-order valence-electron chi connectivity index (χ1n) is 6.36. The highest BCUT2D eigenvalue weighted by atomic mass is 32.1. The van der Waals surface area contributed by atoms with Gasteiger partial charge in [-0.3, -0.25) is 0 Å². The molecular weight excluding hydrogens is 274 g/mol. The van der Waals surface area contributed by atoms with Crippen molar-refractivity contribution in [1.82, 2.24) is 9.97 Å². The average molecular weight is 291 g/mol. The number of anilines is 1. The van der Waals surface area contributed by atoms with Gasteiger partial charge in [-0.05, 0) is 23.9 Å². The zero-order chi connectivity index (χ0) is 14.7. The third-order valence-corrected chi connectivity index (χ3v) is 3.96. The molecule has 0 radical (unpaired) electrons. The Morgan fingerprint density at radius 2 is 2.25 bits per heavy atom. The van der Waals surface area contributed by atoms with E-state index >= 15 is 0 Å². The van der Waals surface area contributed by atoms with E-state index < -0.39 is 5.97 Å². The Hall–Kier alpha value is -1.95. The zero-order valence-corrected chi connectivity index (χ0v) is 12.5. The fourth-order valence-corrected chi connectivity index (χ4v) is 2.57. The monoisotopic (exact) mass is 291 g/mol. The molecule has 2 rings (SSSR count). The van der Waals surface area contributed by atoms with Crippen molar-refractivity contribution in [3.8, 4) is 0 Å². The molecule has 2 heterocycles. The number of carboxylic acids is 1. The lowest BCUT2D eigenvalue weighted by atomic mass is 10.2. The molecule has 20 heavy (non-hydrogen) atoms. The van der Waals surface area contributed by atoms with Crippen LogP contribution in [0.2, 0.25) is 0 Å². The average Bonchev–Trinajstić information content (AvgIpc) is 2.81. The van der Waals surface area contributed by atoms with Crippen LogP contribution in [0.15, 0.2) is 17.6 Å². The molecule has 106 valence electrons. The number of carbonyl (C=O) groups is 1. The number of carboxylic acid groups (broad SMARTS) is 1. The first-order chi connectivity index (χ1) is 9.49. The molecule has 0 saturated carbocycles. The van der Waals surface area contributed by atoms with Gasteiger partial charge in [0.15, 0.2) is 5.69 Å². The molecule has 0 aromatic carbocycles. The fourth-order valence-electron chi connectivity index (χ4n) is 1.73. The Morgan fingerprint density at radius 1 is 1.50 bits per heavy atom. The van der Waals surface area contributed by atoms with Crippen LogP contribution in [0.3, 0.4) is 0 Å². The summed E-state index contributed by atoms with van der Waals surface area (Å²) in [5.74, 6) is -0.401. The largest absolute Gasteiger partial charge is 0.476 e. The van der Waals surface area contributed by atoms with E-state index in [1.165, 1.54) is 10.4 Å². The third-order valence-electron chi connectivity index (χ3n) is 2.93. The number of nitrogens with one attached hydrogen (secondary N) is 1. The molecule has 0 aliphatic carbocycles. The predicted octanol–water partition coefficient (Wildman–Crippen LogP) is 3.28. The van der Waals surface area contributed by atoms with E-state index in [1.807, 2.05) is 32.2 Å². The molecule has 2 aromatic heterocycles. The number of aryl methyl sites for hydroxylation is 1. The number of hydrogen-bond donors (Lipinski definition) is 2. The Morgan fingerprint density at radius 3 is 2.80 bits per heavy atom. The Kier molecular flexibility index (Phi) is 4.34. The van der Waals surface area contributed by atoms with Crippen molar-refractivity contribution in [3.63, 3.8) is 0 Å². The van der Waals surface area contributed by atoms with Crippen LogP contribution in [0.25, 0.3) is 0 Å². The van der Waals surface area contributed by atoms with Crippen LogP contribution in [0.1, 0.15) is 46.5 Å². The maximum atomic E-state index is 11.3. The molecule has 0 amide bonds. The lowest BCUT2D eigenvalue weighted by Gasteiger charge is -2.11. The van der Waals surface area contributed by atoms with Gasteiger partial charge in [-0.25, -0.2) is 14.8 Å². The van der Waals surface area contributed by atoms with Crippen molar-refractivity contribution in [2.24, 2.45) is 0 Å². The molecule has 5 nitrogen and oxygen atoms in total. The van der Waals surface area contributed by atoms with Gasteiger partial charge in [0.05, 0.1) is 11.9 Å². The minimum Gasteiger partial charge on any atom is -0.476 e. The van der Waals surface area contributed by atoms with Crippen LogP contribution in [-0.2, 0) is 6.54 Å². The van der Waals surface area contributed by atoms with Crippen molar-refractivity contribution in [3.05, 3.63) is 39.6 Å². The standard InChI is InChI=1S/C14H17N3O2S/c1-8(2)13-16-6-10(12(17-13)14(18)19)15-7-11-9(3)4-5-20-11/h4-6,8,15H,7H2,1-3H3,(H,18,19). The summed E-state index contributed by atoms with van der Waals surface area (Å²) in [6.45, 7) is 6.48. The van der Waals surface area contributed by atoms with Crippen LogP contribution in [0.5, 0.6) is 0 Å². The SMILES string of the molecule is Cc1ccsc1CNc1cnc(C(C)C)nc1C(=O)O. The van der Waals surface area contributed by atoms with E-state index in [-0.39, 0.29) is 11.6 Å². The van der Waals surface area contributed by atoms with Crippen LogP contribution < -0.4 is 5.32 Å². The molecule has 0 atom stereocenters. The number of thiophene rings is 1. The highest BCUT2D eigenvalue weighted by Crippen LogP contribution is 2.20. The van der Waals surface area contributed by atoms with Crippen LogP contribution in [-0.4, -0.2) is 21.0 Å². The lowest BCUT2D eigenvalue weighted by molar-refractivity contribution is 0.0691. The molecule has 0 saturated heterocycles. The second-order valence-electron chi connectivity index (χ2n) is 4.83. The number of aromatic carboxylic acids is 1. The van der Waals surface area contributed by atoms with Gasteiger partial charge < -0.3 is 10.4 Å². The quantitative estimate of drug-likeness (QED) is 0.884. The smallest absolute Gasteiger partial charge is 0.356 e. The van der Waals surface area contributed by atoms with E-state index in [4.69, 9.17) is 0 Å². The first-order valence-corrected chi connectivity index (χ1v) is 7.24. The molecule has 0 bridgehead atoms.